The maximum Gasteiger partial charge on any atom is 0.185 e. The van der Waals surface area contributed by atoms with Crippen LogP contribution in [0.2, 0.25) is 0 Å². The molecule has 0 amide bonds. The number of halogens is 1. The number of carbonyl (C=O) groups is 1. The van der Waals surface area contributed by atoms with E-state index in [0.29, 0.717) is 22.8 Å². The highest BCUT2D eigenvalue weighted by atomic mass is 32.2. The van der Waals surface area contributed by atoms with Crippen molar-refractivity contribution < 1.29 is 9.18 Å². The van der Waals surface area contributed by atoms with E-state index in [2.05, 4.69) is 10.1 Å². The second-order valence-electron chi connectivity index (χ2n) is 8.49. The number of carbonyl (C=O) groups excluding carboxylic acids is 1. The number of aryl methyl sites for hydroxylation is 1. The summed E-state index contributed by atoms with van der Waals surface area (Å²) in [5, 5.41) is 4.94. The van der Waals surface area contributed by atoms with Crippen LogP contribution in [-0.4, -0.2) is 26.5 Å². The van der Waals surface area contributed by atoms with Crippen LogP contribution in [0.4, 0.5) is 4.39 Å². The average Bonchev–Trinajstić information content (AvgIpc) is 2.98. The van der Waals surface area contributed by atoms with Crippen molar-refractivity contribution in [1.29, 1.82) is 0 Å². The molecule has 0 aliphatic carbocycles. The molecule has 150 valence electrons. The highest BCUT2D eigenvalue weighted by Crippen LogP contribution is 2.37. The molecule has 3 rings (SSSR count). The quantitative estimate of drug-likeness (QED) is 0.779. The summed E-state index contributed by atoms with van der Waals surface area (Å²) in [6.45, 7) is 9.80. The molecular formula is C21H27FN4OS. The lowest BCUT2D eigenvalue weighted by atomic mass is 9.87. The van der Waals surface area contributed by atoms with Gasteiger partial charge in [0.2, 0.25) is 0 Å². The van der Waals surface area contributed by atoms with Gasteiger partial charge in [-0.1, -0.05) is 17.8 Å². The zero-order valence-electron chi connectivity index (χ0n) is 17.0. The minimum Gasteiger partial charge on any atom is -0.379 e. The van der Waals surface area contributed by atoms with E-state index in [9.17, 15) is 9.18 Å². The second kappa shape index (κ2) is 7.35. The van der Waals surface area contributed by atoms with Gasteiger partial charge >= 0.3 is 0 Å². The Hall–Kier alpha value is -2.15. The molecule has 5 nitrogen and oxygen atoms in total. The molecule has 0 radical (unpaired) electrons. The summed E-state index contributed by atoms with van der Waals surface area (Å²) in [6, 6.07) is 6.64. The summed E-state index contributed by atoms with van der Waals surface area (Å²) in [5.41, 5.74) is 7.49. The van der Waals surface area contributed by atoms with Crippen LogP contribution in [0.25, 0.3) is 0 Å². The zero-order valence-corrected chi connectivity index (χ0v) is 17.9. The minimum atomic E-state index is -0.706. The Balaban J connectivity index is 1.93. The molecule has 1 aromatic carbocycles. The van der Waals surface area contributed by atoms with E-state index in [1.807, 2.05) is 40.7 Å². The van der Waals surface area contributed by atoms with E-state index in [0.717, 1.165) is 17.0 Å². The third kappa shape index (κ3) is 4.14. The van der Waals surface area contributed by atoms with Crippen LogP contribution >= 0.6 is 11.8 Å². The second-order valence-corrected chi connectivity index (χ2v) is 9.61. The number of benzene rings is 1. The number of nitrogens with zero attached hydrogens (tertiary/aromatic N) is 3. The van der Waals surface area contributed by atoms with E-state index >= 15 is 0 Å². The molecule has 2 aromatic rings. The summed E-state index contributed by atoms with van der Waals surface area (Å²) in [7, 11) is 0. The van der Waals surface area contributed by atoms with Gasteiger partial charge < -0.3 is 5.73 Å². The first kappa shape index (κ1) is 20.6. The third-order valence-corrected chi connectivity index (χ3v) is 5.72. The fourth-order valence-electron chi connectivity index (χ4n) is 3.46. The highest BCUT2D eigenvalue weighted by molar-refractivity contribution is 8.13. The Kier molecular flexibility index (Phi) is 5.40. The topological polar surface area (TPSA) is 73.3 Å². The molecule has 0 saturated heterocycles. The Morgan fingerprint density at radius 1 is 1.36 bits per heavy atom. The molecule has 0 bridgehead atoms. The van der Waals surface area contributed by atoms with Gasteiger partial charge in [0.15, 0.2) is 11.0 Å². The first-order chi connectivity index (χ1) is 13.0. The van der Waals surface area contributed by atoms with Gasteiger partial charge in [-0.15, -0.1) is 0 Å². The van der Waals surface area contributed by atoms with Crippen LogP contribution in [0.5, 0.6) is 0 Å². The van der Waals surface area contributed by atoms with Gasteiger partial charge in [0.25, 0.3) is 0 Å². The Labute approximate surface area is 169 Å². The van der Waals surface area contributed by atoms with Gasteiger partial charge in [-0.05, 0) is 64.8 Å². The summed E-state index contributed by atoms with van der Waals surface area (Å²) < 4.78 is 16.4. The first-order valence-corrected chi connectivity index (χ1v) is 10.4. The molecule has 0 fully saturated rings. The van der Waals surface area contributed by atoms with E-state index < -0.39 is 5.54 Å². The maximum atomic E-state index is 14.6. The summed E-state index contributed by atoms with van der Waals surface area (Å²) in [6.07, 6.45) is 0.876. The molecule has 28 heavy (non-hydrogen) atoms. The number of amidine groups is 1. The number of hydrogen-bond donors (Lipinski definition) is 1. The van der Waals surface area contributed by atoms with Crippen molar-refractivity contribution in [2.24, 2.45) is 10.7 Å². The minimum absolute atomic E-state index is 0.0412. The first-order valence-electron chi connectivity index (χ1n) is 9.37. The van der Waals surface area contributed by atoms with Crippen LogP contribution in [0, 0.1) is 12.7 Å². The van der Waals surface area contributed by atoms with Crippen molar-refractivity contribution in [2.75, 3.05) is 5.75 Å². The molecular weight excluding hydrogens is 375 g/mol. The number of aliphatic imine (C=N–C) groups is 1. The standard InChI is InChI=1S/C21H27FN4OS/c1-13-10-17(26(25-13)20(2,3)4)18(27)12-14-6-7-16(22)15(11-14)21(5)8-9-28-19(23)24-21/h6-7,10-11H,8-9,12H2,1-5H3,(H2,23,24)/t21-/m0/s1. The molecule has 1 aliphatic rings. The lowest BCUT2D eigenvalue weighted by Crippen LogP contribution is -2.30. The summed E-state index contributed by atoms with van der Waals surface area (Å²) in [5.74, 6) is 0.427. The van der Waals surface area contributed by atoms with Crippen LogP contribution in [0.1, 0.15) is 61.4 Å². The molecule has 0 unspecified atom stereocenters. The number of aromatic nitrogens is 2. The lowest BCUT2D eigenvalue weighted by molar-refractivity contribution is 0.0975. The molecule has 1 aromatic heterocycles. The molecule has 2 N–H and O–H groups in total. The zero-order chi connectivity index (χ0) is 20.7. The van der Waals surface area contributed by atoms with Gasteiger partial charge in [0.05, 0.1) is 16.8 Å². The predicted molar refractivity (Wildman–Crippen MR) is 112 cm³/mol. The van der Waals surface area contributed by atoms with Crippen LogP contribution in [0.15, 0.2) is 29.3 Å². The lowest BCUT2D eigenvalue weighted by Gasteiger charge is -2.30. The fourth-order valence-corrected chi connectivity index (χ4v) is 4.44. The highest BCUT2D eigenvalue weighted by Gasteiger charge is 2.32. The van der Waals surface area contributed by atoms with Gasteiger partial charge in [0.1, 0.15) is 11.5 Å². The molecule has 0 saturated carbocycles. The van der Waals surface area contributed by atoms with Crippen molar-refractivity contribution >= 4 is 22.7 Å². The largest absolute Gasteiger partial charge is 0.379 e. The Morgan fingerprint density at radius 3 is 2.71 bits per heavy atom. The van der Waals surface area contributed by atoms with E-state index in [1.165, 1.54) is 17.8 Å². The van der Waals surface area contributed by atoms with E-state index in [4.69, 9.17) is 5.73 Å². The SMILES string of the molecule is Cc1cc(C(=O)Cc2ccc(F)c([C@]3(C)CCSC(N)=N3)c2)n(C(C)(C)C)n1. The number of thioether (sulfide) groups is 1. The van der Waals surface area contributed by atoms with Crippen molar-refractivity contribution in [3.63, 3.8) is 0 Å². The summed E-state index contributed by atoms with van der Waals surface area (Å²) in [4.78, 5) is 17.5. The fraction of sp³-hybridized carbons (Fsp3) is 0.476. The van der Waals surface area contributed by atoms with Crippen LogP contribution in [0.3, 0.4) is 0 Å². The van der Waals surface area contributed by atoms with Crippen molar-refractivity contribution in [3.05, 3.63) is 52.6 Å². The molecule has 1 atom stereocenters. The summed E-state index contributed by atoms with van der Waals surface area (Å²) >= 11 is 1.48. The monoisotopic (exact) mass is 402 g/mol. The van der Waals surface area contributed by atoms with Gasteiger partial charge in [-0.25, -0.2) is 4.39 Å². The average molecular weight is 403 g/mol. The number of ketones is 1. The predicted octanol–water partition coefficient (Wildman–Crippen LogP) is 4.18. The van der Waals surface area contributed by atoms with Gasteiger partial charge in [-0.3, -0.25) is 14.5 Å². The number of rotatable bonds is 4. The van der Waals surface area contributed by atoms with Gasteiger partial charge in [-0.2, -0.15) is 5.10 Å². The number of Topliss-reactive ketones (excluding diaryl/α,β-unsaturated/α-hetero) is 1. The Bertz CT molecular complexity index is 944. The number of nitrogens with two attached hydrogens (primary N) is 1. The van der Waals surface area contributed by atoms with Gasteiger partial charge in [0, 0.05) is 17.7 Å². The molecule has 7 heteroatoms. The molecule has 0 spiro atoms. The van der Waals surface area contributed by atoms with Crippen molar-refractivity contribution in [3.8, 4) is 0 Å². The smallest absolute Gasteiger partial charge is 0.185 e. The van der Waals surface area contributed by atoms with Crippen molar-refractivity contribution in [1.82, 2.24) is 9.78 Å². The van der Waals surface area contributed by atoms with Crippen LogP contribution in [-0.2, 0) is 17.5 Å². The third-order valence-electron chi connectivity index (χ3n) is 4.92. The molecule has 1 aliphatic heterocycles. The van der Waals surface area contributed by atoms with E-state index in [1.54, 1.807) is 16.8 Å². The number of hydrogen-bond acceptors (Lipinski definition) is 5. The van der Waals surface area contributed by atoms with E-state index in [-0.39, 0.29) is 23.6 Å². The molecule has 2 heterocycles. The van der Waals surface area contributed by atoms with Crippen molar-refractivity contribution in [2.45, 2.75) is 58.5 Å². The van der Waals surface area contributed by atoms with Crippen LogP contribution < -0.4 is 5.73 Å². The maximum absolute atomic E-state index is 14.6. The normalized spacial score (nSPS) is 20.1. The Morgan fingerprint density at radius 2 is 2.07 bits per heavy atom.